The molecule has 0 spiro atoms. The predicted octanol–water partition coefficient (Wildman–Crippen LogP) is 5.12. The highest BCUT2D eigenvalue weighted by molar-refractivity contribution is 5.79. The largest absolute Gasteiger partial charge is 0.349 e. The third-order valence-corrected chi connectivity index (χ3v) is 3.83. The van der Waals surface area contributed by atoms with Crippen LogP contribution in [0.2, 0.25) is 0 Å². The minimum atomic E-state index is 0.191. The Kier molecular flexibility index (Phi) is 4.69. The van der Waals surface area contributed by atoms with Crippen molar-refractivity contribution in [3.8, 4) is 0 Å². The summed E-state index contributed by atoms with van der Waals surface area (Å²) in [6.07, 6.45) is 2.11. The molecular weight excluding hydrogens is 256 g/mol. The molecule has 2 aromatic rings. The maximum atomic E-state index is 3.98. The summed E-state index contributed by atoms with van der Waals surface area (Å²) in [6, 6.07) is 17.0. The molecule has 1 aliphatic heterocycles. The third-order valence-electron chi connectivity index (χ3n) is 3.83. The molecule has 2 aromatic carbocycles. The molecule has 1 heterocycles. The number of rotatable bonds is 2. The molecule has 2 heteroatoms. The number of fused-ring (bicyclic) bond motifs is 1. The van der Waals surface area contributed by atoms with Gasteiger partial charge < -0.3 is 9.80 Å². The van der Waals surface area contributed by atoms with Gasteiger partial charge in [-0.3, -0.25) is 0 Å². The summed E-state index contributed by atoms with van der Waals surface area (Å²) in [5, 5.41) is 0. The van der Waals surface area contributed by atoms with Gasteiger partial charge >= 0.3 is 0 Å². The first-order valence-corrected chi connectivity index (χ1v) is 7.52. The van der Waals surface area contributed by atoms with Crippen molar-refractivity contribution >= 4 is 11.4 Å². The molecule has 0 N–H and O–H groups in total. The van der Waals surface area contributed by atoms with Gasteiger partial charge in [0.05, 0.1) is 11.4 Å². The van der Waals surface area contributed by atoms with Gasteiger partial charge in [-0.1, -0.05) is 56.8 Å². The predicted molar refractivity (Wildman–Crippen MR) is 92.8 cm³/mol. The molecule has 0 amide bonds. The van der Waals surface area contributed by atoms with E-state index >= 15 is 0 Å². The van der Waals surface area contributed by atoms with Crippen molar-refractivity contribution in [2.75, 3.05) is 16.8 Å². The minimum absolute atomic E-state index is 0.191. The Hall–Kier alpha value is -2.22. The highest BCUT2D eigenvalue weighted by Gasteiger charge is 2.33. The molecule has 110 valence electrons. The average Bonchev–Trinajstić information content (AvgIpc) is 2.82. The highest BCUT2D eigenvalue weighted by atomic mass is 15.4. The van der Waals surface area contributed by atoms with E-state index in [-0.39, 0.29) is 6.17 Å². The lowest BCUT2D eigenvalue weighted by atomic mass is 10.1. The molecule has 21 heavy (non-hydrogen) atoms. The fraction of sp³-hybridized carbons (Fsp3) is 0.263. The summed E-state index contributed by atoms with van der Waals surface area (Å²) in [6.45, 7) is 10.1. The zero-order chi connectivity index (χ0) is 15.4. The summed E-state index contributed by atoms with van der Waals surface area (Å²) in [7, 11) is 2.14. The van der Waals surface area contributed by atoms with Gasteiger partial charge in [-0.05, 0) is 36.4 Å². The molecule has 3 rings (SSSR count). The molecule has 0 aliphatic carbocycles. The summed E-state index contributed by atoms with van der Waals surface area (Å²) in [5.74, 6) is 0. The van der Waals surface area contributed by atoms with Crippen LogP contribution >= 0.6 is 0 Å². The van der Waals surface area contributed by atoms with E-state index in [0.717, 1.165) is 0 Å². The van der Waals surface area contributed by atoms with E-state index in [2.05, 4.69) is 78.9 Å². The van der Waals surface area contributed by atoms with E-state index in [1.807, 2.05) is 20.0 Å². The SMILES string of the molecule is C=CN1c2ccccc2N(C)C1c1ccccc1C.CC. The second kappa shape index (κ2) is 6.49. The van der Waals surface area contributed by atoms with Gasteiger partial charge in [0, 0.05) is 7.05 Å². The Morgan fingerprint density at radius 3 is 2.14 bits per heavy atom. The maximum Gasteiger partial charge on any atom is 0.132 e. The van der Waals surface area contributed by atoms with Crippen molar-refractivity contribution in [1.82, 2.24) is 0 Å². The van der Waals surface area contributed by atoms with Crippen molar-refractivity contribution in [2.45, 2.75) is 26.9 Å². The minimum Gasteiger partial charge on any atom is -0.349 e. The molecule has 2 nitrogen and oxygen atoms in total. The van der Waals surface area contributed by atoms with Gasteiger partial charge in [0.2, 0.25) is 0 Å². The summed E-state index contributed by atoms with van der Waals surface area (Å²) >= 11 is 0. The van der Waals surface area contributed by atoms with Crippen LogP contribution in [0.4, 0.5) is 11.4 Å². The van der Waals surface area contributed by atoms with Crippen LogP contribution in [-0.4, -0.2) is 7.05 Å². The summed E-state index contributed by atoms with van der Waals surface area (Å²) in [4.78, 5) is 4.54. The second-order valence-corrected chi connectivity index (χ2v) is 4.92. The molecule has 0 fully saturated rings. The molecule has 1 atom stereocenters. The van der Waals surface area contributed by atoms with Gasteiger partial charge in [0.15, 0.2) is 0 Å². The van der Waals surface area contributed by atoms with Crippen molar-refractivity contribution in [2.24, 2.45) is 0 Å². The lowest BCUT2D eigenvalue weighted by Crippen LogP contribution is -2.30. The molecule has 0 saturated carbocycles. The zero-order valence-electron chi connectivity index (χ0n) is 13.4. The van der Waals surface area contributed by atoms with E-state index in [1.54, 1.807) is 0 Å². The fourth-order valence-corrected chi connectivity index (χ4v) is 2.86. The first-order chi connectivity index (χ1) is 10.2. The van der Waals surface area contributed by atoms with Gasteiger partial charge in [-0.15, -0.1) is 0 Å². The van der Waals surface area contributed by atoms with Crippen LogP contribution in [0.3, 0.4) is 0 Å². The zero-order valence-corrected chi connectivity index (χ0v) is 13.4. The number of aryl methyl sites for hydroxylation is 1. The van der Waals surface area contributed by atoms with Crippen LogP contribution in [0.15, 0.2) is 61.3 Å². The van der Waals surface area contributed by atoms with Crippen molar-refractivity contribution < 1.29 is 0 Å². The molecule has 1 unspecified atom stereocenters. The Morgan fingerprint density at radius 1 is 0.952 bits per heavy atom. The number of benzene rings is 2. The van der Waals surface area contributed by atoms with Crippen molar-refractivity contribution in [3.63, 3.8) is 0 Å². The van der Waals surface area contributed by atoms with Gasteiger partial charge in [0.1, 0.15) is 6.17 Å². The highest BCUT2D eigenvalue weighted by Crippen LogP contribution is 2.45. The van der Waals surface area contributed by atoms with E-state index in [1.165, 1.54) is 22.5 Å². The molecule has 1 aliphatic rings. The van der Waals surface area contributed by atoms with Gasteiger partial charge in [0.25, 0.3) is 0 Å². The lowest BCUT2D eigenvalue weighted by Gasteiger charge is -2.29. The first kappa shape index (κ1) is 15.2. The third kappa shape index (κ3) is 2.54. The Balaban J connectivity index is 0.000000774. The lowest BCUT2D eigenvalue weighted by molar-refractivity contribution is 0.710. The van der Waals surface area contributed by atoms with E-state index < -0.39 is 0 Å². The van der Waals surface area contributed by atoms with Crippen LogP contribution in [0, 0.1) is 6.92 Å². The standard InChI is InChI=1S/C17H18N2.C2H6/c1-4-19-16-12-8-7-11-15(16)18(3)17(19)14-10-6-5-9-13(14)2;1-2/h4-12,17H,1H2,2-3H3;1-2H3. The van der Waals surface area contributed by atoms with E-state index in [4.69, 9.17) is 0 Å². The number of nitrogens with zero attached hydrogens (tertiary/aromatic N) is 2. The quantitative estimate of drug-likeness (QED) is 0.753. The summed E-state index contributed by atoms with van der Waals surface area (Å²) < 4.78 is 0. The van der Waals surface area contributed by atoms with Crippen molar-refractivity contribution in [1.29, 1.82) is 0 Å². The van der Waals surface area contributed by atoms with Crippen LogP contribution in [-0.2, 0) is 0 Å². The van der Waals surface area contributed by atoms with Gasteiger partial charge in [-0.25, -0.2) is 0 Å². The molecule has 0 saturated heterocycles. The number of hydrogen-bond acceptors (Lipinski definition) is 2. The molecule has 0 aromatic heterocycles. The van der Waals surface area contributed by atoms with E-state index in [0.29, 0.717) is 0 Å². The monoisotopic (exact) mass is 280 g/mol. The smallest absolute Gasteiger partial charge is 0.132 e. The topological polar surface area (TPSA) is 6.48 Å². The second-order valence-electron chi connectivity index (χ2n) is 4.92. The van der Waals surface area contributed by atoms with Crippen LogP contribution < -0.4 is 9.80 Å². The normalized spacial score (nSPS) is 16.1. The van der Waals surface area contributed by atoms with Gasteiger partial charge in [-0.2, -0.15) is 0 Å². The van der Waals surface area contributed by atoms with Crippen LogP contribution in [0.1, 0.15) is 31.1 Å². The van der Waals surface area contributed by atoms with Crippen LogP contribution in [0.5, 0.6) is 0 Å². The molecule has 0 radical (unpaired) electrons. The average molecular weight is 280 g/mol. The molecular formula is C19H24N2. The van der Waals surface area contributed by atoms with E-state index in [9.17, 15) is 0 Å². The Morgan fingerprint density at radius 2 is 1.52 bits per heavy atom. The summed E-state index contributed by atoms with van der Waals surface area (Å²) in [5.41, 5.74) is 5.09. The maximum absolute atomic E-state index is 3.98. The van der Waals surface area contributed by atoms with Crippen molar-refractivity contribution in [3.05, 3.63) is 72.4 Å². The van der Waals surface area contributed by atoms with Crippen LogP contribution in [0.25, 0.3) is 0 Å². The Bertz CT molecular complexity index is 618. The fourth-order valence-electron chi connectivity index (χ4n) is 2.86. The first-order valence-electron chi connectivity index (χ1n) is 7.52. The number of para-hydroxylation sites is 2. The Labute approximate surface area is 128 Å². The molecule has 0 bridgehead atoms. The number of hydrogen-bond donors (Lipinski definition) is 0. The number of anilines is 2.